The standard InChI is InChI=1S/C9H22N4O.CH4/c1-11-5-3-4-8(10)9(14)13-7-6-12-2;/h8,11-12H,3-7,10H2,1-2H3,(H,13,14);1H4/t8-;/m0./s1. The average Bonchev–Trinajstić information content (AvgIpc) is 2.18. The lowest BCUT2D eigenvalue weighted by molar-refractivity contribution is -0.122. The fraction of sp³-hybridized carbons (Fsp3) is 0.900. The summed E-state index contributed by atoms with van der Waals surface area (Å²) in [5.41, 5.74) is 5.68. The van der Waals surface area contributed by atoms with Crippen LogP contribution in [0.3, 0.4) is 0 Å². The molecule has 0 radical (unpaired) electrons. The fourth-order valence-corrected chi connectivity index (χ4v) is 1.07. The van der Waals surface area contributed by atoms with Crippen molar-refractivity contribution in [3.63, 3.8) is 0 Å². The molecule has 0 aromatic heterocycles. The van der Waals surface area contributed by atoms with Crippen molar-refractivity contribution in [3.8, 4) is 0 Å². The van der Waals surface area contributed by atoms with Gasteiger partial charge in [0.2, 0.25) is 5.91 Å². The first-order chi connectivity index (χ1) is 6.72. The van der Waals surface area contributed by atoms with Gasteiger partial charge >= 0.3 is 0 Å². The Hall–Kier alpha value is -0.650. The highest BCUT2D eigenvalue weighted by Gasteiger charge is 2.11. The predicted octanol–water partition coefficient (Wildman–Crippen LogP) is -0.715. The van der Waals surface area contributed by atoms with Crippen LogP contribution in [0.1, 0.15) is 20.3 Å². The minimum absolute atomic E-state index is 0. The number of carbonyl (C=O) groups excluding carboxylic acids is 1. The summed E-state index contributed by atoms with van der Waals surface area (Å²) in [7, 11) is 3.73. The minimum Gasteiger partial charge on any atom is -0.353 e. The largest absolute Gasteiger partial charge is 0.353 e. The van der Waals surface area contributed by atoms with Crippen molar-refractivity contribution in [2.75, 3.05) is 33.7 Å². The second kappa shape index (κ2) is 11.4. The third kappa shape index (κ3) is 9.65. The van der Waals surface area contributed by atoms with Crippen molar-refractivity contribution in [1.29, 1.82) is 0 Å². The number of likely N-dealkylation sites (N-methyl/N-ethyl adjacent to an activating group) is 1. The van der Waals surface area contributed by atoms with Crippen LogP contribution < -0.4 is 21.7 Å². The molecule has 0 rings (SSSR count). The Bertz CT molecular complexity index is 152. The van der Waals surface area contributed by atoms with Crippen molar-refractivity contribution in [1.82, 2.24) is 16.0 Å². The normalized spacial score (nSPS) is 11.7. The van der Waals surface area contributed by atoms with E-state index in [0.717, 1.165) is 25.9 Å². The molecular weight excluding hydrogens is 192 g/mol. The smallest absolute Gasteiger partial charge is 0.236 e. The van der Waals surface area contributed by atoms with E-state index in [4.69, 9.17) is 5.73 Å². The molecule has 0 aliphatic carbocycles. The summed E-state index contributed by atoms with van der Waals surface area (Å²) in [4.78, 5) is 11.3. The number of hydrogen-bond acceptors (Lipinski definition) is 4. The summed E-state index contributed by atoms with van der Waals surface area (Å²) in [5, 5.41) is 8.73. The van der Waals surface area contributed by atoms with E-state index in [9.17, 15) is 4.79 Å². The van der Waals surface area contributed by atoms with Crippen LogP contribution in [0, 0.1) is 0 Å². The van der Waals surface area contributed by atoms with E-state index in [0.29, 0.717) is 6.54 Å². The van der Waals surface area contributed by atoms with E-state index in [1.54, 1.807) is 0 Å². The van der Waals surface area contributed by atoms with Gasteiger partial charge in [0.05, 0.1) is 6.04 Å². The molecule has 0 aliphatic rings. The van der Waals surface area contributed by atoms with Crippen LogP contribution in [0.15, 0.2) is 0 Å². The number of rotatable bonds is 8. The summed E-state index contributed by atoms with van der Waals surface area (Å²) in [6.07, 6.45) is 1.66. The van der Waals surface area contributed by atoms with Gasteiger partial charge in [-0.25, -0.2) is 0 Å². The van der Waals surface area contributed by atoms with Crippen molar-refractivity contribution in [3.05, 3.63) is 0 Å². The lowest BCUT2D eigenvalue weighted by Crippen LogP contribution is -2.42. The Morgan fingerprint density at radius 1 is 1.20 bits per heavy atom. The molecule has 5 N–H and O–H groups in total. The van der Waals surface area contributed by atoms with Gasteiger partial charge in [-0.15, -0.1) is 0 Å². The summed E-state index contributed by atoms with van der Waals surface area (Å²) in [6.45, 7) is 2.31. The molecular formula is C10H26N4O. The molecule has 0 unspecified atom stereocenters. The van der Waals surface area contributed by atoms with Crippen molar-refractivity contribution >= 4 is 5.91 Å². The molecule has 0 saturated heterocycles. The first-order valence-corrected chi connectivity index (χ1v) is 5.05. The zero-order chi connectivity index (χ0) is 10.8. The number of nitrogens with one attached hydrogen (secondary N) is 3. The molecule has 0 fully saturated rings. The highest BCUT2D eigenvalue weighted by molar-refractivity contribution is 5.81. The van der Waals surface area contributed by atoms with Crippen LogP contribution in [0.4, 0.5) is 0 Å². The molecule has 5 nitrogen and oxygen atoms in total. The number of hydrogen-bond donors (Lipinski definition) is 4. The molecule has 0 bridgehead atoms. The second-order valence-corrected chi connectivity index (χ2v) is 3.25. The number of amides is 1. The van der Waals surface area contributed by atoms with E-state index in [-0.39, 0.29) is 19.4 Å². The Kier molecular flexibility index (Phi) is 12.8. The van der Waals surface area contributed by atoms with Crippen LogP contribution in [-0.2, 0) is 4.79 Å². The monoisotopic (exact) mass is 218 g/mol. The van der Waals surface area contributed by atoms with Crippen LogP contribution in [0.25, 0.3) is 0 Å². The van der Waals surface area contributed by atoms with Gasteiger partial charge in [-0.1, -0.05) is 7.43 Å². The SMILES string of the molecule is C.CNCCC[C@H](N)C(=O)NCCNC. The summed E-state index contributed by atoms with van der Waals surface area (Å²) in [5.74, 6) is -0.0589. The lowest BCUT2D eigenvalue weighted by atomic mass is 10.1. The van der Waals surface area contributed by atoms with Crippen LogP contribution >= 0.6 is 0 Å². The summed E-state index contributed by atoms with van der Waals surface area (Å²) >= 11 is 0. The van der Waals surface area contributed by atoms with Crippen molar-refractivity contribution < 1.29 is 4.79 Å². The molecule has 92 valence electrons. The second-order valence-electron chi connectivity index (χ2n) is 3.25. The van der Waals surface area contributed by atoms with Gasteiger partial charge < -0.3 is 21.7 Å². The molecule has 1 atom stereocenters. The molecule has 15 heavy (non-hydrogen) atoms. The summed E-state index contributed by atoms with van der Waals surface area (Å²) < 4.78 is 0. The van der Waals surface area contributed by atoms with Gasteiger partial charge in [0.1, 0.15) is 0 Å². The Labute approximate surface area is 93.2 Å². The van der Waals surface area contributed by atoms with E-state index in [1.807, 2.05) is 14.1 Å². The van der Waals surface area contributed by atoms with E-state index in [2.05, 4.69) is 16.0 Å². The van der Waals surface area contributed by atoms with Crippen molar-refractivity contribution in [2.45, 2.75) is 26.3 Å². The lowest BCUT2D eigenvalue weighted by Gasteiger charge is -2.11. The van der Waals surface area contributed by atoms with Crippen LogP contribution in [0.5, 0.6) is 0 Å². The zero-order valence-corrected chi connectivity index (χ0v) is 9.10. The van der Waals surface area contributed by atoms with Gasteiger partial charge in [-0.3, -0.25) is 4.79 Å². The number of nitrogens with two attached hydrogens (primary N) is 1. The van der Waals surface area contributed by atoms with Gasteiger partial charge in [0.25, 0.3) is 0 Å². The fourth-order valence-electron chi connectivity index (χ4n) is 1.07. The Balaban J connectivity index is 0. The van der Waals surface area contributed by atoms with Crippen LogP contribution in [0.2, 0.25) is 0 Å². The molecule has 0 aromatic rings. The first-order valence-electron chi connectivity index (χ1n) is 5.05. The van der Waals surface area contributed by atoms with Crippen molar-refractivity contribution in [2.24, 2.45) is 5.73 Å². The zero-order valence-electron chi connectivity index (χ0n) is 9.10. The summed E-state index contributed by atoms with van der Waals surface area (Å²) in [6, 6.07) is -0.375. The molecule has 0 saturated carbocycles. The third-order valence-electron chi connectivity index (χ3n) is 1.95. The molecule has 0 aliphatic heterocycles. The topological polar surface area (TPSA) is 79.2 Å². The first kappa shape index (κ1) is 16.8. The van der Waals surface area contributed by atoms with E-state index >= 15 is 0 Å². The average molecular weight is 218 g/mol. The molecule has 1 amide bonds. The molecule has 5 heteroatoms. The van der Waals surface area contributed by atoms with Gasteiger partial charge in [-0.05, 0) is 33.5 Å². The molecule has 0 aromatic carbocycles. The van der Waals surface area contributed by atoms with Gasteiger partial charge in [0, 0.05) is 13.1 Å². The highest BCUT2D eigenvalue weighted by atomic mass is 16.2. The Morgan fingerprint density at radius 3 is 2.33 bits per heavy atom. The maximum Gasteiger partial charge on any atom is 0.236 e. The Morgan fingerprint density at radius 2 is 1.80 bits per heavy atom. The van der Waals surface area contributed by atoms with E-state index in [1.165, 1.54) is 0 Å². The third-order valence-corrected chi connectivity index (χ3v) is 1.95. The molecule has 0 heterocycles. The predicted molar refractivity (Wildman–Crippen MR) is 64.8 cm³/mol. The van der Waals surface area contributed by atoms with Gasteiger partial charge in [-0.2, -0.15) is 0 Å². The highest BCUT2D eigenvalue weighted by Crippen LogP contribution is 1.92. The van der Waals surface area contributed by atoms with Crippen LogP contribution in [-0.4, -0.2) is 45.7 Å². The quantitative estimate of drug-likeness (QED) is 0.406. The van der Waals surface area contributed by atoms with E-state index < -0.39 is 0 Å². The van der Waals surface area contributed by atoms with Gasteiger partial charge in [0.15, 0.2) is 0 Å². The minimum atomic E-state index is -0.375. The number of carbonyl (C=O) groups is 1. The maximum absolute atomic E-state index is 11.3. The molecule has 0 spiro atoms. The maximum atomic E-state index is 11.3.